The van der Waals surface area contributed by atoms with Gasteiger partial charge in [-0.15, -0.1) is 0 Å². The Morgan fingerprint density at radius 3 is 1.53 bits per heavy atom. The molecule has 2 aromatic rings. The van der Waals surface area contributed by atoms with Crippen LogP contribution in [0.1, 0.15) is 11.1 Å². The Bertz CT molecular complexity index is 538. The third kappa shape index (κ3) is 3.82. The molecule has 0 amide bonds. The van der Waals surface area contributed by atoms with E-state index in [1.54, 1.807) is 0 Å². The fourth-order valence-electron chi connectivity index (χ4n) is 1.73. The first kappa shape index (κ1) is 15.7. The van der Waals surface area contributed by atoms with E-state index < -0.39 is 5.97 Å². The topological polar surface area (TPSA) is 40.1 Å². The van der Waals surface area contributed by atoms with Gasteiger partial charge in [-0.2, -0.15) is 0 Å². The number of benzene rings is 2. The van der Waals surface area contributed by atoms with E-state index in [-0.39, 0.29) is 27.4 Å². The van der Waals surface area contributed by atoms with Gasteiger partial charge in [0.2, 0.25) is 0 Å². The van der Waals surface area contributed by atoms with E-state index in [4.69, 9.17) is 11.6 Å². The van der Waals surface area contributed by atoms with Gasteiger partial charge >= 0.3 is 22.4 Å². The van der Waals surface area contributed by atoms with Crippen LogP contribution in [-0.4, -0.2) is 5.97 Å². The summed E-state index contributed by atoms with van der Waals surface area (Å²) < 4.78 is 0. The van der Waals surface area contributed by atoms with Gasteiger partial charge in [0.05, 0.1) is 11.0 Å². The van der Waals surface area contributed by atoms with Crippen molar-refractivity contribution in [3.8, 4) is 0 Å². The van der Waals surface area contributed by atoms with Crippen molar-refractivity contribution in [3.63, 3.8) is 0 Å². The molecule has 0 aliphatic carbocycles. The molecule has 0 aliphatic rings. The molecule has 2 aromatic carbocycles. The van der Waals surface area contributed by atoms with Crippen molar-refractivity contribution in [1.82, 2.24) is 0 Å². The molecule has 2 rings (SSSR count). The van der Waals surface area contributed by atoms with Crippen LogP contribution in [0.2, 0.25) is 0 Å². The standard InChI is InChI=1S/C15H11ClO2.Ag/c16-14(15(17)18)13(11-7-3-1-4-8-11)12-9-5-2-6-10-12;/h1-10H,(H,17,18);/q;+1/p-1. The molecule has 0 spiro atoms. The van der Waals surface area contributed by atoms with Gasteiger partial charge in [0.15, 0.2) is 0 Å². The molecule has 19 heavy (non-hydrogen) atoms. The van der Waals surface area contributed by atoms with Crippen molar-refractivity contribution in [3.05, 3.63) is 76.8 Å². The SMILES string of the molecule is O=C([O-])C(Cl)=C(c1ccccc1)c1ccccc1.[Ag+]. The Hall–Kier alpha value is -1.32. The van der Waals surface area contributed by atoms with Crippen LogP contribution >= 0.6 is 11.6 Å². The van der Waals surface area contributed by atoms with E-state index in [1.807, 2.05) is 60.7 Å². The molecule has 0 heterocycles. The van der Waals surface area contributed by atoms with E-state index in [2.05, 4.69) is 0 Å². The minimum Gasteiger partial charge on any atom is -0.544 e. The smallest absolute Gasteiger partial charge is 0.544 e. The number of carbonyl (C=O) groups excluding carboxylic acids is 1. The van der Waals surface area contributed by atoms with Gasteiger partial charge in [0.25, 0.3) is 0 Å². The zero-order chi connectivity index (χ0) is 13.0. The van der Waals surface area contributed by atoms with Crippen LogP contribution in [0.4, 0.5) is 0 Å². The molecular weight excluding hydrogens is 355 g/mol. The minimum absolute atomic E-state index is 0. The Morgan fingerprint density at radius 1 is 0.842 bits per heavy atom. The number of hydrogen-bond acceptors (Lipinski definition) is 2. The van der Waals surface area contributed by atoms with Gasteiger partial charge in [0.1, 0.15) is 0 Å². The van der Waals surface area contributed by atoms with E-state index in [1.165, 1.54) is 0 Å². The van der Waals surface area contributed by atoms with Crippen molar-refractivity contribution in [1.29, 1.82) is 0 Å². The Labute approximate surface area is 132 Å². The maximum absolute atomic E-state index is 11.0. The van der Waals surface area contributed by atoms with Gasteiger partial charge in [-0.05, 0) is 11.1 Å². The number of aliphatic carboxylic acids is 1. The van der Waals surface area contributed by atoms with Gasteiger partial charge < -0.3 is 9.90 Å². The third-order valence-electron chi connectivity index (χ3n) is 2.52. The van der Waals surface area contributed by atoms with Gasteiger partial charge in [-0.3, -0.25) is 0 Å². The molecule has 100 valence electrons. The molecule has 4 heteroatoms. The van der Waals surface area contributed by atoms with Crippen LogP contribution in [0.5, 0.6) is 0 Å². The van der Waals surface area contributed by atoms with Crippen LogP contribution in [0.3, 0.4) is 0 Å². The first-order valence-corrected chi connectivity index (χ1v) is 5.80. The van der Waals surface area contributed by atoms with Crippen molar-refractivity contribution in [2.24, 2.45) is 0 Å². The third-order valence-corrected chi connectivity index (χ3v) is 2.87. The van der Waals surface area contributed by atoms with Crippen LogP contribution in [-0.2, 0) is 27.2 Å². The molecule has 0 aliphatic heterocycles. The van der Waals surface area contributed by atoms with Crippen molar-refractivity contribution < 1.29 is 32.3 Å². The number of carbonyl (C=O) groups is 1. The minimum atomic E-state index is -1.38. The molecule has 0 bridgehead atoms. The van der Waals surface area contributed by atoms with Gasteiger partial charge in [-0.1, -0.05) is 72.3 Å². The molecule has 0 unspecified atom stereocenters. The van der Waals surface area contributed by atoms with E-state index >= 15 is 0 Å². The fourth-order valence-corrected chi connectivity index (χ4v) is 1.95. The predicted octanol–water partition coefficient (Wildman–Crippen LogP) is 2.43. The van der Waals surface area contributed by atoms with Gasteiger partial charge in [-0.25, -0.2) is 0 Å². The Morgan fingerprint density at radius 2 is 1.21 bits per heavy atom. The monoisotopic (exact) mass is 364 g/mol. The average Bonchev–Trinajstić information content (AvgIpc) is 2.41. The second-order valence-corrected chi connectivity index (χ2v) is 4.09. The molecule has 0 radical (unpaired) electrons. The quantitative estimate of drug-likeness (QED) is 0.619. The largest absolute Gasteiger partial charge is 1.00 e. The summed E-state index contributed by atoms with van der Waals surface area (Å²) in [7, 11) is 0. The zero-order valence-electron chi connectivity index (χ0n) is 9.77. The van der Waals surface area contributed by atoms with E-state index in [9.17, 15) is 9.90 Å². The van der Waals surface area contributed by atoms with Crippen molar-refractivity contribution in [2.45, 2.75) is 0 Å². The van der Waals surface area contributed by atoms with Crippen molar-refractivity contribution in [2.75, 3.05) is 0 Å². The second-order valence-electron chi connectivity index (χ2n) is 3.71. The molecular formula is C15H10AgClO2. The van der Waals surface area contributed by atoms with Gasteiger partial charge in [0, 0.05) is 5.57 Å². The molecule has 2 nitrogen and oxygen atoms in total. The first-order valence-electron chi connectivity index (χ1n) is 5.42. The average molecular weight is 366 g/mol. The van der Waals surface area contributed by atoms with Crippen LogP contribution < -0.4 is 5.11 Å². The fraction of sp³-hybridized carbons (Fsp3) is 0. The molecule has 0 saturated heterocycles. The number of hydrogen-bond donors (Lipinski definition) is 0. The number of carboxylic acid groups (broad SMARTS) is 1. The van der Waals surface area contributed by atoms with Crippen LogP contribution in [0, 0.1) is 0 Å². The Balaban J connectivity index is 0.00000180. The summed E-state index contributed by atoms with van der Waals surface area (Å²) in [5.74, 6) is -1.38. The first-order chi connectivity index (χ1) is 8.70. The molecule has 0 saturated carbocycles. The van der Waals surface area contributed by atoms with E-state index in [0.29, 0.717) is 5.57 Å². The Kier molecular flexibility index (Phi) is 6.06. The van der Waals surface area contributed by atoms with Crippen LogP contribution in [0.25, 0.3) is 5.57 Å². The molecule has 0 N–H and O–H groups in total. The summed E-state index contributed by atoms with van der Waals surface area (Å²) in [5.41, 5.74) is 1.97. The molecule has 0 atom stereocenters. The van der Waals surface area contributed by atoms with Crippen LogP contribution in [0.15, 0.2) is 65.7 Å². The summed E-state index contributed by atoms with van der Waals surface area (Å²) in [4.78, 5) is 11.0. The number of rotatable bonds is 3. The maximum Gasteiger partial charge on any atom is 1.00 e. The summed E-state index contributed by atoms with van der Waals surface area (Å²) >= 11 is 5.87. The van der Waals surface area contributed by atoms with Crippen molar-refractivity contribution >= 4 is 23.1 Å². The summed E-state index contributed by atoms with van der Waals surface area (Å²) in [6.45, 7) is 0. The maximum atomic E-state index is 11.0. The zero-order valence-corrected chi connectivity index (χ0v) is 12.0. The molecule has 0 fully saturated rings. The second kappa shape index (κ2) is 7.31. The summed E-state index contributed by atoms with van der Waals surface area (Å²) in [5, 5.41) is 10.7. The summed E-state index contributed by atoms with van der Waals surface area (Å²) in [6, 6.07) is 18.3. The number of halogens is 1. The molecule has 0 aromatic heterocycles. The normalized spacial score (nSPS) is 9.32. The predicted molar refractivity (Wildman–Crippen MR) is 69.8 cm³/mol. The van der Waals surface area contributed by atoms with E-state index in [0.717, 1.165) is 11.1 Å². The summed E-state index contributed by atoms with van der Waals surface area (Å²) in [6.07, 6.45) is 0. The number of carboxylic acids is 1.